The fourth-order valence-electron chi connectivity index (χ4n) is 2.26. The van der Waals surface area contributed by atoms with Crippen LogP contribution in [0.5, 0.6) is 0 Å². The van der Waals surface area contributed by atoms with E-state index in [2.05, 4.69) is 16.8 Å². The monoisotopic (exact) mass is 257 g/mol. The predicted octanol–water partition coefficient (Wildman–Crippen LogP) is 1.65. The van der Waals surface area contributed by atoms with Gasteiger partial charge in [0.05, 0.1) is 10.9 Å². The van der Waals surface area contributed by atoms with Crippen molar-refractivity contribution in [3.05, 3.63) is 46.8 Å². The lowest BCUT2D eigenvalue weighted by molar-refractivity contribution is 0.0763. The Morgan fingerprint density at radius 3 is 2.89 bits per heavy atom. The molecule has 1 aliphatic carbocycles. The second kappa shape index (κ2) is 4.42. The highest BCUT2D eigenvalue weighted by molar-refractivity contribution is 5.98. The fraction of sp³-hybridized carbons (Fsp3) is 0.286. The van der Waals surface area contributed by atoms with Gasteiger partial charge in [-0.25, -0.2) is 0 Å². The van der Waals surface area contributed by atoms with Crippen LogP contribution in [0.4, 0.5) is 0 Å². The van der Waals surface area contributed by atoms with Gasteiger partial charge in [-0.3, -0.25) is 19.8 Å². The molecule has 1 aromatic carbocycles. The summed E-state index contributed by atoms with van der Waals surface area (Å²) in [5, 5.41) is 5.85. The van der Waals surface area contributed by atoms with Crippen LogP contribution in [-0.2, 0) is 0 Å². The van der Waals surface area contributed by atoms with Gasteiger partial charge in [0, 0.05) is 18.2 Å². The highest BCUT2D eigenvalue weighted by Gasteiger charge is 2.32. The number of carbonyl (C=O) groups is 1. The Kier molecular flexibility index (Phi) is 2.74. The van der Waals surface area contributed by atoms with Crippen molar-refractivity contribution in [2.45, 2.75) is 18.9 Å². The van der Waals surface area contributed by atoms with E-state index < -0.39 is 0 Å². The zero-order valence-corrected chi connectivity index (χ0v) is 10.5. The summed E-state index contributed by atoms with van der Waals surface area (Å²) in [5.41, 5.74) is 1.08. The van der Waals surface area contributed by atoms with Crippen LogP contribution in [0, 0.1) is 0 Å². The molecule has 1 aliphatic rings. The smallest absolute Gasteiger partial charge is 0.271 e. The van der Waals surface area contributed by atoms with Crippen LogP contribution >= 0.6 is 0 Å². The van der Waals surface area contributed by atoms with Crippen LogP contribution in [-0.4, -0.2) is 33.6 Å². The first-order chi connectivity index (χ1) is 9.20. The van der Waals surface area contributed by atoms with E-state index >= 15 is 0 Å². The highest BCUT2D eigenvalue weighted by atomic mass is 16.2. The van der Waals surface area contributed by atoms with E-state index in [0.29, 0.717) is 29.1 Å². The van der Waals surface area contributed by atoms with Crippen molar-refractivity contribution in [2.24, 2.45) is 0 Å². The van der Waals surface area contributed by atoms with Gasteiger partial charge in [0.1, 0.15) is 0 Å². The number of carbonyl (C=O) groups excluding carboxylic acids is 1. The number of benzene rings is 1. The average Bonchev–Trinajstić information content (AvgIpc) is 3.20. The summed E-state index contributed by atoms with van der Waals surface area (Å²) in [5.74, 6) is -0.00801. The molecule has 0 atom stereocenters. The molecule has 1 aromatic heterocycles. The molecule has 1 amide bonds. The SMILES string of the molecule is C=CCN(C(=O)c1ccc2c(=O)[nH][nH]c2c1)C1CC1. The Morgan fingerprint density at radius 2 is 2.21 bits per heavy atom. The number of H-pyrrole nitrogens is 2. The van der Waals surface area contributed by atoms with Gasteiger partial charge in [-0.05, 0) is 31.0 Å². The quantitative estimate of drug-likeness (QED) is 0.818. The van der Waals surface area contributed by atoms with Gasteiger partial charge in [0.25, 0.3) is 11.5 Å². The molecule has 2 aromatic rings. The normalized spacial score (nSPS) is 14.5. The third-order valence-corrected chi connectivity index (χ3v) is 3.40. The number of rotatable bonds is 4. The Labute approximate surface area is 109 Å². The fourth-order valence-corrected chi connectivity index (χ4v) is 2.26. The lowest BCUT2D eigenvalue weighted by Gasteiger charge is -2.20. The zero-order valence-electron chi connectivity index (χ0n) is 10.5. The van der Waals surface area contributed by atoms with Crippen molar-refractivity contribution in [2.75, 3.05) is 6.54 Å². The maximum absolute atomic E-state index is 12.4. The van der Waals surface area contributed by atoms with Crippen molar-refractivity contribution in [1.29, 1.82) is 0 Å². The molecule has 5 heteroatoms. The van der Waals surface area contributed by atoms with Crippen LogP contribution in [0.3, 0.4) is 0 Å². The van der Waals surface area contributed by atoms with Crippen LogP contribution < -0.4 is 5.56 Å². The molecule has 98 valence electrons. The molecular weight excluding hydrogens is 242 g/mol. The van der Waals surface area contributed by atoms with Gasteiger partial charge in [0.2, 0.25) is 0 Å². The standard InChI is InChI=1S/C14H15N3O2/c1-2-7-17(10-4-5-10)14(19)9-3-6-11-12(8-9)15-16-13(11)18/h2-3,6,8,10H,1,4-5,7H2,(H2,15,16,18). The number of fused-ring (bicyclic) bond motifs is 1. The summed E-state index contributed by atoms with van der Waals surface area (Å²) in [6.45, 7) is 4.25. The van der Waals surface area contributed by atoms with Crippen LogP contribution in [0.15, 0.2) is 35.6 Å². The Balaban J connectivity index is 1.95. The molecule has 1 fully saturated rings. The Bertz CT molecular complexity index is 694. The molecule has 0 saturated heterocycles. The van der Waals surface area contributed by atoms with E-state index in [1.807, 2.05) is 4.90 Å². The van der Waals surface area contributed by atoms with Gasteiger partial charge >= 0.3 is 0 Å². The van der Waals surface area contributed by atoms with Gasteiger partial charge in [0.15, 0.2) is 0 Å². The summed E-state index contributed by atoms with van der Waals surface area (Å²) >= 11 is 0. The summed E-state index contributed by atoms with van der Waals surface area (Å²) < 4.78 is 0. The summed E-state index contributed by atoms with van der Waals surface area (Å²) in [4.78, 5) is 25.7. The van der Waals surface area contributed by atoms with Gasteiger partial charge in [-0.15, -0.1) is 6.58 Å². The van der Waals surface area contributed by atoms with Gasteiger partial charge in [-0.1, -0.05) is 6.08 Å². The van der Waals surface area contributed by atoms with Crippen LogP contribution in [0.1, 0.15) is 23.2 Å². The average molecular weight is 257 g/mol. The topological polar surface area (TPSA) is 69.0 Å². The van der Waals surface area contributed by atoms with Gasteiger partial charge < -0.3 is 4.90 Å². The summed E-state index contributed by atoms with van der Waals surface area (Å²) in [6, 6.07) is 5.43. The Hall–Kier alpha value is -2.30. The van der Waals surface area contributed by atoms with E-state index in [9.17, 15) is 9.59 Å². The number of nitrogens with one attached hydrogen (secondary N) is 2. The van der Waals surface area contributed by atoms with E-state index in [0.717, 1.165) is 12.8 Å². The first-order valence-electron chi connectivity index (χ1n) is 6.33. The zero-order chi connectivity index (χ0) is 13.4. The molecule has 2 N–H and O–H groups in total. The minimum Gasteiger partial charge on any atom is -0.332 e. The molecular formula is C14H15N3O2. The van der Waals surface area contributed by atoms with Crippen LogP contribution in [0.25, 0.3) is 10.9 Å². The first kappa shape index (κ1) is 11.8. The van der Waals surface area contributed by atoms with E-state index in [1.54, 1.807) is 24.3 Å². The predicted molar refractivity (Wildman–Crippen MR) is 73.2 cm³/mol. The molecule has 1 saturated carbocycles. The van der Waals surface area contributed by atoms with E-state index in [4.69, 9.17) is 0 Å². The summed E-state index contributed by atoms with van der Waals surface area (Å²) in [6.07, 6.45) is 3.86. The summed E-state index contributed by atoms with van der Waals surface area (Å²) in [7, 11) is 0. The molecule has 19 heavy (non-hydrogen) atoms. The maximum atomic E-state index is 12.4. The minimum absolute atomic E-state index is 0.00801. The number of aromatic amines is 2. The largest absolute Gasteiger partial charge is 0.332 e. The first-order valence-corrected chi connectivity index (χ1v) is 6.33. The number of amides is 1. The van der Waals surface area contributed by atoms with Crippen molar-refractivity contribution < 1.29 is 4.79 Å². The lowest BCUT2D eigenvalue weighted by atomic mass is 10.1. The highest BCUT2D eigenvalue weighted by Crippen LogP contribution is 2.28. The molecule has 3 rings (SSSR count). The van der Waals surface area contributed by atoms with Crippen molar-refractivity contribution in [3.63, 3.8) is 0 Å². The number of hydrogen-bond donors (Lipinski definition) is 2. The number of hydrogen-bond acceptors (Lipinski definition) is 2. The molecule has 1 heterocycles. The Morgan fingerprint density at radius 1 is 1.42 bits per heavy atom. The van der Waals surface area contributed by atoms with E-state index in [1.165, 1.54) is 0 Å². The third-order valence-electron chi connectivity index (χ3n) is 3.40. The molecule has 0 bridgehead atoms. The third kappa shape index (κ3) is 2.07. The van der Waals surface area contributed by atoms with E-state index in [-0.39, 0.29) is 11.5 Å². The molecule has 0 unspecified atom stereocenters. The molecule has 0 spiro atoms. The minimum atomic E-state index is -0.167. The van der Waals surface area contributed by atoms with Crippen molar-refractivity contribution >= 4 is 16.8 Å². The maximum Gasteiger partial charge on any atom is 0.271 e. The van der Waals surface area contributed by atoms with Gasteiger partial charge in [-0.2, -0.15) is 0 Å². The van der Waals surface area contributed by atoms with Crippen LogP contribution in [0.2, 0.25) is 0 Å². The second-order valence-electron chi connectivity index (χ2n) is 4.82. The number of aromatic nitrogens is 2. The lowest BCUT2D eigenvalue weighted by Crippen LogP contribution is -2.33. The molecule has 5 nitrogen and oxygen atoms in total. The van der Waals surface area contributed by atoms with Crippen molar-refractivity contribution in [3.8, 4) is 0 Å². The molecule has 0 aliphatic heterocycles. The second-order valence-corrected chi connectivity index (χ2v) is 4.82. The molecule has 0 radical (unpaired) electrons. The van der Waals surface area contributed by atoms with Crippen molar-refractivity contribution in [1.82, 2.24) is 15.1 Å². The number of nitrogens with zero attached hydrogens (tertiary/aromatic N) is 1.